The Labute approximate surface area is 174 Å². The van der Waals surface area contributed by atoms with E-state index in [0.717, 1.165) is 11.1 Å². The second kappa shape index (κ2) is 9.67. The lowest BCUT2D eigenvalue weighted by atomic mass is 10.1. The minimum atomic E-state index is -0.291. The van der Waals surface area contributed by atoms with Gasteiger partial charge in [-0.05, 0) is 56.1 Å². The summed E-state index contributed by atoms with van der Waals surface area (Å²) >= 11 is 5.89. The number of aryl methyl sites for hydroxylation is 1. The molecule has 0 spiro atoms. The summed E-state index contributed by atoms with van der Waals surface area (Å²) in [6.07, 6.45) is 2.29. The Balaban J connectivity index is 1.52. The Morgan fingerprint density at radius 2 is 2.00 bits per heavy atom. The quantitative estimate of drug-likeness (QED) is 0.589. The third-order valence-corrected chi connectivity index (χ3v) is 4.85. The van der Waals surface area contributed by atoms with E-state index in [2.05, 4.69) is 10.3 Å². The molecule has 1 aromatic heterocycles. The number of aromatic nitrogens is 1. The molecular weight excluding hydrogens is 393 g/mol. The molecule has 0 bridgehead atoms. The summed E-state index contributed by atoms with van der Waals surface area (Å²) in [5, 5.41) is 3.56. The van der Waals surface area contributed by atoms with Crippen molar-refractivity contribution in [1.82, 2.24) is 15.2 Å². The summed E-state index contributed by atoms with van der Waals surface area (Å²) in [7, 11) is 3.79. The van der Waals surface area contributed by atoms with Crippen LogP contribution in [0.1, 0.15) is 23.9 Å². The maximum absolute atomic E-state index is 13.5. The number of benzene rings is 2. The van der Waals surface area contributed by atoms with Crippen molar-refractivity contribution in [1.29, 1.82) is 0 Å². The van der Waals surface area contributed by atoms with Crippen molar-refractivity contribution in [3.05, 3.63) is 77.0 Å². The number of carbonyl (C=O) groups excluding carboxylic acids is 1. The highest BCUT2D eigenvalue weighted by Crippen LogP contribution is 2.23. The van der Waals surface area contributed by atoms with Gasteiger partial charge in [-0.2, -0.15) is 0 Å². The fraction of sp³-hybridized carbons (Fsp3) is 0.273. The van der Waals surface area contributed by atoms with Crippen LogP contribution in [0.15, 0.2) is 59.1 Å². The van der Waals surface area contributed by atoms with E-state index in [1.807, 2.05) is 37.2 Å². The van der Waals surface area contributed by atoms with E-state index in [-0.39, 0.29) is 24.2 Å². The number of likely N-dealkylation sites (N-methyl/N-ethyl adjacent to an activating group) is 1. The number of nitrogens with zero attached hydrogens (tertiary/aromatic N) is 2. The molecule has 0 saturated heterocycles. The monoisotopic (exact) mass is 415 g/mol. The molecule has 152 valence electrons. The van der Waals surface area contributed by atoms with E-state index in [9.17, 15) is 9.18 Å². The standard InChI is InChI=1S/C22H23ClFN3O2/c1-27(2)19(16-4-3-5-18(24)12-16)13-25-21(28)10-11-22-26-14-20(29-22)15-6-8-17(23)9-7-15/h3-9,12,14,19H,10-11,13H2,1-2H3,(H,25,28)/t19-/m1/s1. The van der Waals surface area contributed by atoms with E-state index >= 15 is 0 Å². The highest BCUT2D eigenvalue weighted by Gasteiger charge is 2.16. The lowest BCUT2D eigenvalue weighted by Gasteiger charge is -2.25. The fourth-order valence-corrected chi connectivity index (χ4v) is 3.13. The maximum atomic E-state index is 13.5. The van der Waals surface area contributed by atoms with Crippen molar-refractivity contribution in [2.24, 2.45) is 0 Å². The SMILES string of the molecule is CN(C)[C@H](CNC(=O)CCc1ncc(-c2ccc(Cl)cc2)o1)c1cccc(F)c1. The van der Waals surface area contributed by atoms with Crippen LogP contribution in [0.2, 0.25) is 5.02 Å². The molecule has 3 rings (SSSR count). The van der Waals surface area contributed by atoms with Crippen LogP contribution in [-0.4, -0.2) is 36.4 Å². The highest BCUT2D eigenvalue weighted by atomic mass is 35.5. The molecule has 0 aliphatic rings. The van der Waals surface area contributed by atoms with Crippen LogP contribution < -0.4 is 5.32 Å². The average molecular weight is 416 g/mol. The number of hydrogen-bond acceptors (Lipinski definition) is 4. The van der Waals surface area contributed by atoms with Gasteiger partial charge in [-0.25, -0.2) is 9.37 Å². The van der Waals surface area contributed by atoms with Gasteiger partial charge < -0.3 is 14.6 Å². The van der Waals surface area contributed by atoms with Crippen LogP contribution in [0.3, 0.4) is 0 Å². The predicted molar refractivity (Wildman–Crippen MR) is 111 cm³/mol. The Morgan fingerprint density at radius 1 is 1.24 bits per heavy atom. The second-order valence-corrected chi connectivity index (χ2v) is 7.40. The van der Waals surface area contributed by atoms with Gasteiger partial charge in [-0.1, -0.05) is 23.7 Å². The lowest BCUT2D eigenvalue weighted by molar-refractivity contribution is -0.121. The molecule has 1 N–H and O–H groups in total. The van der Waals surface area contributed by atoms with Crippen LogP contribution in [0.4, 0.5) is 4.39 Å². The van der Waals surface area contributed by atoms with Crippen LogP contribution in [0.25, 0.3) is 11.3 Å². The summed E-state index contributed by atoms with van der Waals surface area (Å²) in [6.45, 7) is 0.386. The van der Waals surface area contributed by atoms with Crippen LogP contribution in [0.5, 0.6) is 0 Å². The third-order valence-electron chi connectivity index (χ3n) is 4.60. The smallest absolute Gasteiger partial charge is 0.220 e. The zero-order valence-electron chi connectivity index (χ0n) is 16.4. The normalized spacial score (nSPS) is 12.2. The van der Waals surface area contributed by atoms with Gasteiger partial charge in [0.2, 0.25) is 5.91 Å². The summed E-state index contributed by atoms with van der Waals surface area (Å²) in [4.78, 5) is 18.5. The van der Waals surface area contributed by atoms with Crippen LogP contribution >= 0.6 is 11.6 Å². The van der Waals surface area contributed by atoms with Crippen molar-refractivity contribution in [3.8, 4) is 11.3 Å². The van der Waals surface area contributed by atoms with Gasteiger partial charge in [0.25, 0.3) is 0 Å². The van der Waals surface area contributed by atoms with Crippen molar-refractivity contribution in [2.75, 3.05) is 20.6 Å². The molecule has 0 aliphatic carbocycles. The van der Waals surface area contributed by atoms with E-state index < -0.39 is 0 Å². The van der Waals surface area contributed by atoms with Gasteiger partial charge in [0.1, 0.15) is 5.82 Å². The molecule has 0 radical (unpaired) electrons. The predicted octanol–water partition coefficient (Wildman–Crippen LogP) is 4.49. The number of oxazole rings is 1. The summed E-state index contributed by atoms with van der Waals surface area (Å²) in [5.41, 5.74) is 1.69. The molecule has 0 unspecified atom stereocenters. The Hall–Kier alpha value is -2.70. The zero-order chi connectivity index (χ0) is 20.8. The molecule has 3 aromatic rings. The molecule has 7 heteroatoms. The molecular formula is C22H23ClFN3O2. The zero-order valence-corrected chi connectivity index (χ0v) is 17.1. The number of nitrogens with one attached hydrogen (secondary N) is 1. The number of rotatable bonds is 8. The molecule has 29 heavy (non-hydrogen) atoms. The van der Waals surface area contributed by atoms with Gasteiger partial charge >= 0.3 is 0 Å². The largest absolute Gasteiger partial charge is 0.441 e. The first-order valence-electron chi connectivity index (χ1n) is 9.31. The lowest BCUT2D eigenvalue weighted by Crippen LogP contribution is -2.34. The summed E-state index contributed by atoms with van der Waals surface area (Å²) in [6, 6.07) is 13.6. The number of amides is 1. The van der Waals surface area contributed by atoms with Gasteiger partial charge in [-0.3, -0.25) is 4.79 Å². The van der Waals surface area contributed by atoms with E-state index in [0.29, 0.717) is 29.6 Å². The minimum Gasteiger partial charge on any atom is -0.441 e. The summed E-state index contributed by atoms with van der Waals surface area (Å²) < 4.78 is 19.2. The third kappa shape index (κ3) is 5.89. The molecule has 0 fully saturated rings. The first kappa shape index (κ1) is 21.0. The summed E-state index contributed by atoms with van der Waals surface area (Å²) in [5.74, 6) is 0.732. The average Bonchev–Trinajstić information content (AvgIpc) is 3.16. The molecule has 0 saturated carbocycles. The van der Waals surface area contributed by atoms with Gasteiger partial charge in [-0.15, -0.1) is 0 Å². The fourth-order valence-electron chi connectivity index (χ4n) is 3.01. The van der Waals surface area contributed by atoms with Gasteiger partial charge in [0.05, 0.1) is 12.2 Å². The van der Waals surface area contributed by atoms with Gasteiger partial charge in [0, 0.05) is 30.0 Å². The molecule has 1 amide bonds. The van der Waals surface area contributed by atoms with Gasteiger partial charge in [0.15, 0.2) is 11.7 Å². The topological polar surface area (TPSA) is 58.4 Å². The van der Waals surface area contributed by atoms with Crippen molar-refractivity contribution >= 4 is 17.5 Å². The molecule has 2 aromatic carbocycles. The number of hydrogen-bond donors (Lipinski definition) is 1. The first-order chi connectivity index (χ1) is 13.9. The van der Waals surface area contributed by atoms with Crippen LogP contribution in [-0.2, 0) is 11.2 Å². The van der Waals surface area contributed by atoms with Crippen molar-refractivity contribution in [2.45, 2.75) is 18.9 Å². The number of halogens is 2. The van der Waals surface area contributed by atoms with E-state index in [4.69, 9.17) is 16.0 Å². The Morgan fingerprint density at radius 3 is 2.69 bits per heavy atom. The van der Waals surface area contributed by atoms with E-state index in [1.165, 1.54) is 12.1 Å². The van der Waals surface area contributed by atoms with Crippen LogP contribution in [0, 0.1) is 5.82 Å². The molecule has 5 nitrogen and oxygen atoms in total. The molecule has 0 aliphatic heterocycles. The molecule has 1 atom stereocenters. The Bertz CT molecular complexity index is 957. The first-order valence-corrected chi connectivity index (χ1v) is 9.69. The number of carbonyl (C=O) groups is 1. The van der Waals surface area contributed by atoms with E-state index in [1.54, 1.807) is 24.4 Å². The van der Waals surface area contributed by atoms with Crippen molar-refractivity contribution in [3.63, 3.8) is 0 Å². The molecule has 1 heterocycles. The maximum Gasteiger partial charge on any atom is 0.220 e. The second-order valence-electron chi connectivity index (χ2n) is 6.96. The Kier molecular flexibility index (Phi) is 7.01. The van der Waals surface area contributed by atoms with Crippen molar-refractivity contribution < 1.29 is 13.6 Å². The highest BCUT2D eigenvalue weighted by molar-refractivity contribution is 6.30. The minimum absolute atomic E-state index is 0.112.